The van der Waals surface area contributed by atoms with Gasteiger partial charge in [0, 0.05) is 24.9 Å². The van der Waals surface area contributed by atoms with E-state index in [1.165, 1.54) is 30.6 Å². The molecule has 0 aromatic carbocycles. The van der Waals surface area contributed by atoms with Crippen LogP contribution in [0.5, 0.6) is 0 Å². The van der Waals surface area contributed by atoms with Gasteiger partial charge in [-0.1, -0.05) is 11.8 Å². The summed E-state index contributed by atoms with van der Waals surface area (Å²) in [6.07, 6.45) is 3.27. The van der Waals surface area contributed by atoms with Crippen molar-refractivity contribution in [3.05, 3.63) is 52.1 Å². The summed E-state index contributed by atoms with van der Waals surface area (Å²) in [5, 5.41) is 17.2. The van der Waals surface area contributed by atoms with E-state index in [9.17, 15) is 9.59 Å². The van der Waals surface area contributed by atoms with E-state index < -0.39 is 5.91 Å². The van der Waals surface area contributed by atoms with Crippen LogP contribution in [0.4, 0.5) is 5.82 Å². The van der Waals surface area contributed by atoms with Crippen LogP contribution in [0.1, 0.15) is 22.3 Å². The highest BCUT2D eigenvalue weighted by Gasteiger charge is 2.11. The highest BCUT2D eigenvalue weighted by atomic mass is 16.2. The number of rotatable bonds is 3. The first-order valence-electron chi connectivity index (χ1n) is 6.11. The molecule has 0 aliphatic rings. The van der Waals surface area contributed by atoms with Gasteiger partial charge in [0.25, 0.3) is 11.5 Å². The number of aromatic amines is 1. The average Bonchev–Trinajstić information content (AvgIpc) is 2.50. The molecule has 1 amide bonds. The molecule has 0 fully saturated rings. The first-order chi connectivity index (χ1) is 10.2. The minimum absolute atomic E-state index is 0.0455. The second-order valence-electron chi connectivity index (χ2n) is 3.96. The van der Waals surface area contributed by atoms with Crippen molar-refractivity contribution in [2.24, 2.45) is 0 Å². The van der Waals surface area contributed by atoms with Crippen LogP contribution < -0.4 is 10.9 Å². The molecule has 2 aromatic heterocycles. The van der Waals surface area contributed by atoms with E-state index in [0.29, 0.717) is 17.5 Å². The number of aliphatic hydroxyl groups is 1. The molecule has 7 nitrogen and oxygen atoms in total. The number of anilines is 1. The van der Waals surface area contributed by atoms with Crippen LogP contribution in [0.15, 0.2) is 35.4 Å². The molecular formula is C14H12N4O3. The average molecular weight is 284 g/mol. The Labute approximate surface area is 120 Å². The Hall–Kier alpha value is -2.98. The van der Waals surface area contributed by atoms with E-state index in [4.69, 9.17) is 5.11 Å². The predicted molar refractivity (Wildman–Crippen MR) is 75.6 cm³/mol. The third-order valence-corrected chi connectivity index (χ3v) is 2.45. The molecule has 21 heavy (non-hydrogen) atoms. The summed E-state index contributed by atoms with van der Waals surface area (Å²) < 4.78 is 0. The van der Waals surface area contributed by atoms with Crippen molar-refractivity contribution in [2.75, 3.05) is 11.9 Å². The van der Waals surface area contributed by atoms with Crippen LogP contribution in [-0.4, -0.2) is 32.8 Å². The largest absolute Gasteiger partial charge is 0.395 e. The van der Waals surface area contributed by atoms with Gasteiger partial charge >= 0.3 is 0 Å². The monoisotopic (exact) mass is 284 g/mol. The maximum atomic E-state index is 12.2. The Morgan fingerprint density at radius 3 is 2.95 bits per heavy atom. The van der Waals surface area contributed by atoms with Gasteiger partial charge in [-0.2, -0.15) is 5.10 Å². The number of nitrogens with one attached hydrogen (secondary N) is 2. The van der Waals surface area contributed by atoms with E-state index in [1.807, 2.05) is 0 Å². The first kappa shape index (κ1) is 14.4. The van der Waals surface area contributed by atoms with E-state index in [2.05, 4.69) is 32.3 Å². The summed E-state index contributed by atoms with van der Waals surface area (Å²) >= 11 is 0. The van der Waals surface area contributed by atoms with Crippen LogP contribution >= 0.6 is 0 Å². The number of amides is 1. The molecule has 2 aromatic rings. The Bertz CT molecular complexity index is 738. The van der Waals surface area contributed by atoms with Crippen molar-refractivity contribution < 1.29 is 9.90 Å². The highest BCUT2D eigenvalue weighted by molar-refractivity contribution is 6.05. The van der Waals surface area contributed by atoms with Gasteiger partial charge in [0.15, 0.2) is 5.82 Å². The standard InChI is InChI=1S/C14H12N4O3/c19-8-2-1-3-10-9-15-7-6-11(10)14(21)16-12-4-5-13(20)18-17-12/h4-7,9,19H,2,8H2,(H,18,20)(H,16,17,21). The molecule has 2 rings (SSSR count). The molecule has 0 aliphatic carbocycles. The summed E-state index contributed by atoms with van der Waals surface area (Å²) in [5.74, 6) is 5.33. The molecule has 106 valence electrons. The van der Waals surface area contributed by atoms with Gasteiger partial charge in [0.1, 0.15) is 0 Å². The SMILES string of the molecule is O=C(Nc1ccc(=O)[nH]n1)c1ccncc1C#CCCO. The van der Waals surface area contributed by atoms with Crippen LogP contribution in [0.3, 0.4) is 0 Å². The zero-order valence-corrected chi connectivity index (χ0v) is 11.0. The van der Waals surface area contributed by atoms with Gasteiger partial charge in [-0.15, -0.1) is 0 Å². The van der Waals surface area contributed by atoms with Gasteiger partial charge in [0.05, 0.1) is 17.7 Å². The number of H-pyrrole nitrogens is 1. The van der Waals surface area contributed by atoms with Gasteiger partial charge in [-0.3, -0.25) is 14.6 Å². The van der Waals surface area contributed by atoms with Crippen LogP contribution in [-0.2, 0) is 0 Å². The summed E-state index contributed by atoms with van der Waals surface area (Å²) in [4.78, 5) is 27.0. The van der Waals surface area contributed by atoms with E-state index >= 15 is 0 Å². The van der Waals surface area contributed by atoms with Crippen LogP contribution in [0.2, 0.25) is 0 Å². The fourth-order valence-electron chi connectivity index (χ4n) is 1.50. The predicted octanol–water partition coefficient (Wildman–Crippen LogP) is 0.151. The van der Waals surface area contributed by atoms with Crippen LogP contribution in [0, 0.1) is 11.8 Å². The summed E-state index contributed by atoms with van der Waals surface area (Å²) in [6, 6.07) is 4.19. The smallest absolute Gasteiger partial charge is 0.264 e. The molecule has 2 heterocycles. The maximum absolute atomic E-state index is 12.2. The van der Waals surface area contributed by atoms with Crippen LogP contribution in [0.25, 0.3) is 0 Å². The molecule has 0 unspecified atom stereocenters. The second-order valence-corrected chi connectivity index (χ2v) is 3.96. The van der Waals surface area contributed by atoms with Crippen molar-refractivity contribution in [1.82, 2.24) is 15.2 Å². The summed E-state index contributed by atoms with van der Waals surface area (Å²) in [5.41, 5.74) is 0.434. The van der Waals surface area contributed by atoms with E-state index in [1.54, 1.807) is 0 Å². The molecule has 7 heteroatoms. The van der Waals surface area contributed by atoms with Gasteiger partial charge < -0.3 is 10.4 Å². The lowest BCUT2D eigenvalue weighted by Crippen LogP contribution is -2.17. The lowest BCUT2D eigenvalue weighted by atomic mass is 10.1. The minimum Gasteiger partial charge on any atom is -0.395 e. The lowest BCUT2D eigenvalue weighted by Gasteiger charge is -2.05. The molecule has 0 saturated carbocycles. The second kappa shape index (κ2) is 6.98. The number of aromatic nitrogens is 3. The molecule has 0 bridgehead atoms. The number of hydrogen-bond acceptors (Lipinski definition) is 5. The number of aliphatic hydroxyl groups excluding tert-OH is 1. The van der Waals surface area contributed by atoms with E-state index in [-0.39, 0.29) is 18.0 Å². The Morgan fingerprint density at radius 1 is 1.38 bits per heavy atom. The van der Waals surface area contributed by atoms with Crippen molar-refractivity contribution in [3.8, 4) is 11.8 Å². The molecule has 0 aliphatic heterocycles. The van der Waals surface area contributed by atoms with Crippen molar-refractivity contribution in [2.45, 2.75) is 6.42 Å². The Kier molecular flexibility index (Phi) is 4.79. The molecule has 0 radical (unpaired) electrons. The summed E-state index contributed by atoms with van der Waals surface area (Å²) in [6.45, 7) is -0.0455. The fourth-order valence-corrected chi connectivity index (χ4v) is 1.50. The molecule has 3 N–H and O–H groups in total. The third kappa shape index (κ3) is 3.99. The normalized spacial score (nSPS) is 9.57. The van der Waals surface area contributed by atoms with Crippen molar-refractivity contribution in [1.29, 1.82) is 0 Å². The number of nitrogens with zero attached hydrogens (tertiary/aromatic N) is 2. The molecule has 0 saturated heterocycles. The lowest BCUT2D eigenvalue weighted by molar-refractivity contribution is 0.102. The Morgan fingerprint density at radius 2 is 2.24 bits per heavy atom. The van der Waals surface area contributed by atoms with Gasteiger partial charge in [0.2, 0.25) is 0 Å². The first-order valence-corrected chi connectivity index (χ1v) is 6.11. The van der Waals surface area contributed by atoms with E-state index in [0.717, 1.165) is 0 Å². The number of pyridine rings is 1. The zero-order chi connectivity index (χ0) is 15.1. The third-order valence-electron chi connectivity index (χ3n) is 2.45. The highest BCUT2D eigenvalue weighted by Crippen LogP contribution is 2.08. The number of hydrogen-bond donors (Lipinski definition) is 3. The molecular weight excluding hydrogens is 272 g/mol. The molecule has 0 spiro atoms. The maximum Gasteiger partial charge on any atom is 0.264 e. The van der Waals surface area contributed by atoms with Crippen molar-refractivity contribution in [3.63, 3.8) is 0 Å². The summed E-state index contributed by atoms with van der Waals surface area (Å²) in [7, 11) is 0. The number of carbonyl (C=O) groups excluding carboxylic acids is 1. The van der Waals surface area contributed by atoms with Crippen molar-refractivity contribution >= 4 is 11.7 Å². The zero-order valence-electron chi connectivity index (χ0n) is 11.0. The fraction of sp³-hybridized carbons (Fsp3) is 0.143. The quantitative estimate of drug-likeness (QED) is 0.695. The van der Waals surface area contributed by atoms with Gasteiger partial charge in [-0.05, 0) is 12.1 Å². The van der Waals surface area contributed by atoms with Gasteiger partial charge in [-0.25, -0.2) is 5.10 Å². The number of carbonyl (C=O) groups is 1. The molecule has 0 atom stereocenters. The Balaban J connectivity index is 2.21. The topological polar surface area (TPSA) is 108 Å². The minimum atomic E-state index is -0.412.